The van der Waals surface area contributed by atoms with Gasteiger partial charge in [-0.1, -0.05) is 34.1 Å². The first kappa shape index (κ1) is 26.1. The van der Waals surface area contributed by atoms with E-state index in [4.69, 9.17) is 9.84 Å². The Hall–Kier alpha value is -1.18. The molecule has 0 unspecified atom stereocenters. The zero-order valence-electron chi connectivity index (χ0n) is 19.8. The minimum absolute atomic E-state index is 0.0788. The molecule has 0 spiro atoms. The van der Waals surface area contributed by atoms with Crippen molar-refractivity contribution in [2.75, 3.05) is 6.61 Å². The van der Waals surface area contributed by atoms with Gasteiger partial charge < -0.3 is 25.2 Å². The van der Waals surface area contributed by atoms with Crippen LogP contribution >= 0.6 is 0 Å². The normalized spacial score (nSPS) is 41.3. The number of fused-ring (bicyclic) bond motifs is 1. The van der Waals surface area contributed by atoms with Crippen LogP contribution in [0.3, 0.4) is 0 Å². The molecule has 180 valence electrons. The maximum atomic E-state index is 11.6. The van der Waals surface area contributed by atoms with E-state index in [9.17, 15) is 24.9 Å². The zero-order chi connectivity index (χ0) is 23.6. The van der Waals surface area contributed by atoms with Gasteiger partial charge in [0, 0.05) is 5.41 Å². The molecule has 7 nitrogen and oxygen atoms in total. The molecular formula is C24H42O7. The summed E-state index contributed by atoms with van der Waals surface area (Å²) in [5.41, 5.74) is -1.88. The largest absolute Gasteiger partial charge is 0.481 e. The number of aliphatic hydroxyl groups excluding tert-OH is 2. The lowest BCUT2D eigenvalue weighted by atomic mass is 9.42. The van der Waals surface area contributed by atoms with Gasteiger partial charge in [0.05, 0.1) is 31.2 Å². The topological polar surface area (TPSA) is 124 Å². The van der Waals surface area contributed by atoms with E-state index in [2.05, 4.69) is 27.7 Å². The molecule has 7 heteroatoms. The van der Waals surface area contributed by atoms with Crippen LogP contribution in [0.4, 0.5) is 0 Å². The number of aliphatic hydroxyl groups is 3. The summed E-state index contributed by atoms with van der Waals surface area (Å²) >= 11 is 0. The maximum absolute atomic E-state index is 11.6. The van der Waals surface area contributed by atoms with Crippen LogP contribution in [0.1, 0.15) is 86.0 Å². The van der Waals surface area contributed by atoms with Gasteiger partial charge in [0.25, 0.3) is 0 Å². The predicted octanol–water partition coefficient (Wildman–Crippen LogP) is 3.14. The van der Waals surface area contributed by atoms with E-state index in [1.165, 1.54) is 0 Å². The molecule has 0 bridgehead atoms. The van der Waals surface area contributed by atoms with Gasteiger partial charge in [-0.3, -0.25) is 9.59 Å². The summed E-state index contributed by atoms with van der Waals surface area (Å²) < 4.78 is 5.16. The van der Waals surface area contributed by atoms with Gasteiger partial charge in [0.2, 0.25) is 0 Å². The van der Waals surface area contributed by atoms with Crippen molar-refractivity contribution in [3.8, 4) is 0 Å². The molecule has 2 saturated carbocycles. The lowest BCUT2D eigenvalue weighted by Crippen LogP contribution is -2.68. The van der Waals surface area contributed by atoms with Gasteiger partial charge in [-0.15, -0.1) is 0 Å². The molecular weight excluding hydrogens is 400 g/mol. The van der Waals surface area contributed by atoms with E-state index >= 15 is 0 Å². The minimum Gasteiger partial charge on any atom is -0.481 e. The van der Waals surface area contributed by atoms with Crippen LogP contribution in [0.25, 0.3) is 0 Å². The maximum Gasteiger partial charge on any atom is 0.306 e. The van der Waals surface area contributed by atoms with Gasteiger partial charge in [0.15, 0.2) is 0 Å². The van der Waals surface area contributed by atoms with Crippen molar-refractivity contribution in [2.45, 2.75) is 104 Å². The molecule has 2 aliphatic carbocycles. The number of carboxylic acids is 1. The van der Waals surface area contributed by atoms with E-state index in [1.807, 2.05) is 0 Å². The zero-order valence-corrected chi connectivity index (χ0v) is 19.8. The number of hydrogen-bond donors (Lipinski definition) is 4. The van der Waals surface area contributed by atoms with E-state index in [1.54, 1.807) is 6.92 Å². The van der Waals surface area contributed by atoms with Crippen LogP contribution in [0.5, 0.6) is 0 Å². The molecule has 0 aromatic heterocycles. The van der Waals surface area contributed by atoms with Crippen LogP contribution in [0.2, 0.25) is 0 Å². The molecule has 0 radical (unpaired) electrons. The first-order chi connectivity index (χ1) is 14.3. The van der Waals surface area contributed by atoms with Crippen LogP contribution in [-0.4, -0.2) is 56.8 Å². The summed E-state index contributed by atoms with van der Waals surface area (Å²) in [6, 6.07) is 0. The van der Waals surface area contributed by atoms with E-state index < -0.39 is 35.2 Å². The summed E-state index contributed by atoms with van der Waals surface area (Å²) in [7, 11) is 0. The molecule has 2 aliphatic rings. The number of aliphatic carboxylic acids is 1. The summed E-state index contributed by atoms with van der Waals surface area (Å²) in [6.07, 6.45) is 2.48. The van der Waals surface area contributed by atoms with Crippen molar-refractivity contribution in [1.82, 2.24) is 0 Å². The molecule has 4 N–H and O–H groups in total. The second-order valence-corrected chi connectivity index (χ2v) is 10.9. The average molecular weight is 443 g/mol. The highest BCUT2D eigenvalue weighted by Crippen LogP contribution is 2.64. The number of hydrogen-bond acceptors (Lipinski definition) is 6. The summed E-state index contributed by atoms with van der Waals surface area (Å²) in [5.74, 6) is -0.631. The Morgan fingerprint density at radius 1 is 1.13 bits per heavy atom. The Balaban J connectivity index is 1.98. The van der Waals surface area contributed by atoms with Gasteiger partial charge in [-0.05, 0) is 62.2 Å². The first-order valence-electron chi connectivity index (χ1n) is 11.7. The molecule has 0 aromatic rings. The fourth-order valence-electron chi connectivity index (χ4n) is 6.09. The highest BCUT2D eigenvalue weighted by atomic mass is 16.5. The smallest absolute Gasteiger partial charge is 0.306 e. The van der Waals surface area contributed by atoms with Crippen LogP contribution in [0, 0.1) is 28.6 Å². The van der Waals surface area contributed by atoms with Gasteiger partial charge in [-0.2, -0.15) is 0 Å². The average Bonchev–Trinajstić information content (AvgIpc) is 2.69. The molecule has 2 rings (SSSR count). The quantitative estimate of drug-likeness (QED) is 0.404. The highest BCUT2D eigenvalue weighted by molar-refractivity contribution is 5.76. The summed E-state index contributed by atoms with van der Waals surface area (Å²) in [4.78, 5) is 22.1. The monoisotopic (exact) mass is 442 g/mol. The highest BCUT2D eigenvalue weighted by Gasteiger charge is 2.64. The van der Waals surface area contributed by atoms with Gasteiger partial charge in [-0.25, -0.2) is 0 Å². The fraction of sp³-hybridized carbons (Fsp3) is 0.917. The van der Waals surface area contributed by atoms with Gasteiger partial charge in [0.1, 0.15) is 6.10 Å². The molecule has 0 amide bonds. The number of esters is 1. The molecule has 0 aliphatic heterocycles. The molecule has 0 saturated heterocycles. The number of rotatable bonds is 9. The molecule has 0 aromatic carbocycles. The van der Waals surface area contributed by atoms with Crippen molar-refractivity contribution in [2.24, 2.45) is 28.6 Å². The second kappa shape index (κ2) is 9.75. The molecule has 8 atom stereocenters. The van der Waals surface area contributed by atoms with Crippen LogP contribution in [-0.2, 0) is 14.3 Å². The lowest BCUT2D eigenvalue weighted by molar-refractivity contribution is -0.264. The fourth-order valence-corrected chi connectivity index (χ4v) is 6.09. The Morgan fingerprint density at radius 3 is 2.39 bits per heavy atom. The number of carbonyl (C=O) groups excluding carboxylic acids is 1. The van der Waals surface area contributed by atoms with E-state index in [0.717, 1.165) is 25.7 Å². The SMILES string of the molecule is C[C@H](CCOC(=O)CCC(=O)O)CC[C@]1(C)[C@H](C)CC[C@]2(C)[C@@H]1C[C@H](O)[C@H](O)[C@]2(C)O. The molecule has 2 fully saturated rings. The first-order valence-corrected chi connectivity index (χ1v) is 11.7. The van der Waals surface area contributed by atoms with Crippen molar-refractivity contribution < 1.29 is 34.8 Å². The van der Waals surface area contributed by atoms with Crippen molar-refractivity contribution in [1.29, 1.82) is 0 Å². The standard InChI is InChI=1S/C24H42O7/c1-15(10-13-31-20(28)7-6-19(26)27)8-11-22(3)16(2)9-12-23(4)18(22)14-17(25)21(29)24(23,5)30/h15-18,21,25,29-30H,6-14H2,1-5H3,(H,26,27)/t15-,16+,17-,18+,21-,22+,23+,24-/m0/s1. The molecule has 31 heavy (non-hydrogen) atoms. The number of ether oxygens (including phenoxy) is 1. The third kappa shape index (κ3) is 5.25. The predicted molar refractivity (Wildman–Crippen MR) is 116 cm³/mol. The van der Waals surface area contributed by atoms with Crippen LogP contribution < -0.4 is 0 Å². The minimum atomic E-state index is -1.34. The van der Waals surface area contributed by atoms with Crippen molar-refractivity contribution in [3.63, 3.8) is 0 Å². The van der Waals surface area contributed by atoms with Crippen molar-refractivity contribution >= 4 is 11.9 Å². The Labute approximate surface area is 186 Å². The Morgan fingerprint density at radius 2 is 1.77 bits per heavy atom. The summed E-state index contributed by atoms with van der Waals surface area (Å²) in [5, 5.41) is 40.9. The third-order valence-corrected chi connectivity index (χ3v) is 8.95. The van der Waals surface area contributed by atoms with Crippen LogP contribution in [0.15, 0.2) is 0 Å². The second-order valence-electron chi connectivity index (χ2n) is 10.9. The summed E-state index contributed by atoms with van der Waals surface area (Å²) in [6.45, 7) is 10.7. The third-order valence-electron chi connectivity index (χ3n) is 8.95. The lowest BCUT2D eigenvalue weighted by Gasteiger charge is -2.64. The Kier molecular flexibility index (Phi) is 8.20. The number of carbonyl (C=O) groups is 2. The van der Waals surface area contributed by atoms with Crippen molar-refractivity contribution in [3.05, 3.63) is 0 Å². The van der Waals surface area contributed by atoms with Gasteiger partial charge >= 0.3 is 11.9 Å². The number of carboxylic acid groups (broad SMARTS) is 1. The van der Waals surface area contributed by atoms with E-state index in [0.29, 0.717) is 24.7 Å². The van der Waals surface area contributed by atoms with E-state index in [-0.39, 0.29) is 30.8 Å². The Bertz CT molecular complexity index is 648. The molecule has 0 heterocycles.